The van der Waals surface area contributed by atoms with Crippen LogP contribution >= 0.6 is 11.6 Å². The highest BCUT2D eigenvalue weighted by Gasteiger charge is 2.14. The smallest absolute Gasteiger partial charge is 0.134 e. The van der Waals surface area contributed by atoms with Gasteiger partial charge in [0.2, 0.25) is 0 Å². The first-order valence-electron chi connectivity index (χ1n) is 5.42. The third-order valence-corrected chi connectivity index (χ3v) is 2.78. The SMILES string of the molecule is CCC(C)N(CCOC)c1cc(Cl)ncn1. The van der Waals surface area contributed by atoms with Gasteiger partial charge in [-0.3, -0.25) is 0 Å². The van der Waals surface area contributed by atoms with Crippen molar-refractivity contribution in [1.29, 1.82) is 0 Å². The minimum absolute atomic E-state index is 0.404. The Labute approximate surface area is 102 Å². The molecule has 5 heteroatoms. The molecule has 1 heterocycles. The first-order valence-corrected chi connectivity index (χ1v) is 5.80. The number of anilines is 1. The number of aromatic nitrogens is 2. The van der Waals surface area contributed by atoms with E-state index >= 15 is 0 Å². The molecule has 1 aromatic rings. The van der Waals surface area contributed by atoms with Crippen LogP contribution in [0.3, 0.4) is 0 Å². The van der Waals surface area contributed by atoms with E-state index in [-0.39, 0.29) is 0 Å². The van der Waals surface area contributed by atoms with E-state index in [1.54, 1.807) is 13.2 Å². The molecular weight excluding hydrogens is 226 g/mol. The van der Waals surface area contributed by atoms with E-state index < -0.39 is 0 Å². The van der Waals surface area contributed by atoms with Gasteiger partial charge in [0.25, 0.3) is 0 Å². The maximum Gasteiger partial charge on any atom is 0.134 e. The molecule has 0 bridgehead atoms. The fraction of sp³-hybridized carbons (Fsp3) is 0.636. The van der Waals surface area contributed by atoms with E-state index in [0.717, 1.165) is 18.8 Å². The van der Waals surface area contributed by atoms with Crippen LogP contribution in [0.4, 0.5) is 5.82 Å². The number of hydrogen-bond donors (Lipinski definition) is 0. The molecule has 0 N–H and O–H groups in total. The van der Waals surface area contributed by atoms with Crippen LogP contribution in [0.15, 0.2) is 12.4 Å². The van der Waals surface area contributed by atoms with Crippen LogP contribution in [0.1, 0.15) is 20.3 Å². The zero-order chi connectivity index (χ0) is 12.0. The number of halogens is 1. The van der Waals surface area contributed by atoms with Gasteiger partial charge in [-0.25, -0.2) is 9.97 Å². The van der Waals surface area contributed by atoms with Crippen molar-refractivity contribution >= 4 is 17.4 Å². The Hall–Kier alpha value is -0.870. The van der Waals surface area contributed by atoms with Gasteiger partial charge < -0.3 is 9.64 Å². The molecule has 1 unspecified atom stereocenters. The molecule has 0 radical (unpaired) electrons. The summed E-state index contributed by atoms with van der Waals surface area (Å²) in [5, 5.41) is 0.468. The summed E-state index contributed by atoms with van der Waals surface area (Å²) in [6, 6.07) is 2.18. The summed E-state index contributed by atoms with van der Waals surface area (Å²) in [6.07, 6.45) is 2.53. The highest BCUT2D eigenvalue weighted by molar-refractivity contribution is 6.29. The highest BCUT2D eigenvalue weighted by atomic mass is 35.5. The third kappa shape index (κ3) is 3.61. The minimum atomic E-state index is 0.404. The molecule has 1 atom stereocenters. The van der Waals surface area contributed by atoms with Crippen molar-refractivity contribution in [3.63, 3.8) is 0 Å². The van der Waals surface area contributed by atoms with Gasteiger partial charge in [-0.15, -0.1) is 0 Å². The van der Waals surface area contributed by atoms with Crippen molar-refractivity contribution < 1.29 is 4.74 Å². The average molecular weight is 244 g/mol. The number of hydrogen-bond acceptors (Lipinski definition) is 4. The van der Waals surface area contributed by atoms with Gasteiger partial charge >= 0.3 is 0 Å². The predicted molar refractivity (Wildman–Crippen MR) is 66.0 cm³/mol. The van der Waals surface area contributed by atoms with E-state index in [0.29, 0.717) is 17.8 Å². The predicted octanol–water partition coefficient (Wildman–Crippen LogP) is 2.38. The van der Waals surface area contributed by atoms with Crippen molar-refractivity contribution in [2.45, 2.75) is 26.3 Å². The number of rotatable bonds is 6. The minimum Gasteiger partial charge on any atom is -0.383 e. The summed E-state index contributed by atoms with van der Waals surface area (Å²) >= 11 is 5.86. The van der Waals surface area contributed by atoms with Crippen LogP contribution < -0.4 is 4.90 Å². The van der Waals surface area contributed by atoms with Gasteiger partial charge in [0.15, 0.2) is 0 Å². The van der Waals surface area contributed by atoms with Crippen molar-refractivity contribution in [2.75, 3.05) is 25.2 Å². The molecule has 0 amide bonds. The molecule has 0 aliphatic carbocycles. The molecule has 0 saturated heterocycles. The second kappa shape index (κ2) is 6.66. The monoisotopic (exact) mass is 243 g/mol. The summed E-state index contributed by atoms with van der Waals surface area (Å²) in [5.74, 6) is 0.853. The molecule has 90 valence electrons. The molecule has 4 nitrogen and oxygen atoms in total. The molecule has 0 aliphatic heterocycles. The van der Waals surface area contributed by atoms with Crippen molar-refractivity contribution in [1.82, 2.24) is 9.97 Å². The fourth-order valence-corrected chi connectivity index (χ4v) is 1.59. The summed E-state index contributed by atoms with van der Waals surface area (Å²) in [4.78, 5) is 10.3. The molecule has 0 fully saturated rings. The maximum atomic E-state index is 5.86. The zero-order valence-electron chi connectivity index (χ0n) is 9.98. The lowest BCUT2D eigenvalue weighted by Gasteiger charge is -2.29. The van der Waals surface area contributed by atoms with E-state index in [4.69, 9.17) is 16.3 Å². The Bertz CT molecular complexity index is 322. The summed E-state index contributed by atoms with van der Waals surface area (Å²) in [7, 11) is 1.70. The van der Waals surface area contributed by atoms with Gasteiger partial charge in [0, 0.05) is 25.8 Å². The van der Waals surface area contributed by atoms with Crippen LogP contribution in [-0.4, -0.2) is 36.3 Å². The molecule has 1 rings (SSSR count). The molecule has 0 spiro atoms. The van der Waals surface area contributed by atoms with Crippen LogP contribution in [0.2, 0.25) is 5.15 Å². The quantitative estimate of drug-likeness (QED) is 0.719. The van der Waals surface area contributed by atoms with Crippen LogP contribution in [0, 0.1) is 0 Å². The number of methoxy groups -OCH3 is 1. The molecule has 0 saturated carbocycles. The van der Waals surface area contributed by atoms with Crippen LogP contribution in [0.5, 0.6) is 0 Å². The van der Waals surface area contributed by atoms with Crippen molar-refractivity contribution in [3.05, 3.63) is 17.5 Å². The fourth-order valence-electron chi connectivity index (χ4n) is 1.45. The van der Waals surface area contributed by atoms with E-state index in [1.807, 2.05) is 0 Å². The van der Waals surface area contributed by atoms with Gasteiger partial charge in [-0.1, -0.05) is 18.5 Å². The Morgan fingerprint density at radius 3 is 2.81 bits per heavy atom. The third-order valence-electron chi connectivity index (χ3n) is 2.57. The lowest BCUT2D eigenvalue weighted by molar-refractivity contribution is 0.203. The summed E-state index contributed by atoms with van der Waals surface area (Å²) in [5.41, 5.74) is 0. The summed E-state index contributed by atoms with van der Waals surface area (Å²) < 4.78 is 5.10. The molecule has 0 aromatic carbocycles. The largest absolute Gasteiger partial charge is 0.383 e. The molecule has 1 aromatic heterocycles. The Morgan fingerprint density at radius 2 is 2.25 bits per heavy atom. The average Bonchev–Trinajstić information content (AvgIpc) is 2.29. The maximum absolute atomic E-state index is 5.86. The topological polar surface area (TPSA) is 38.2 Å². The summed E-state index contributed by atoms with van der Waals surface area (Å²) in [6.45, 7) is 5.78. The van der Waals surface area contributed by atoms with E-state index in [2.05, 4.69) is 28.7 Å². The molecular formula is C11H18ClN3O. The second-order valence-corrected chi connectivity index (χ2v) is 4.03. The van der Waals surface area contributed by atoms with Gasteiger partial charge in [-0.05, 0) is 13.3 Å². The first-order chi connectivity index (χ1) is 7.69. The second-order valence-electron chi connectivity index (χ2n) is 3.64. The number of ether oxygens (including phenoxy) is 1. The molecule has 0 aliphatic rings. The lowest BCUT2D eigenvalue weighted by Crippen LogP contribution is -2.36. The molecule has 16 heavy (non-hydrogen) atoms. The van der Waals surface area contributed by atoms with E-state index in [1.165, 1.54) is 6.33 Å². The van der Waals surface area contributed by atoms with Gasteiger partial charge in [0.05, 0.1) is 6.61 Å². The van der Waals surface area contributed by atoms with Gasteiger partial charge in [0.1, 0.15) is 17.3 Å². The zero-order valence-corrected chi connectivity index (χ0v) is 10.7. The number of nitrogens with zero attached hydrogens (tertiary/aromatic N) is 3. The van der Waals surface area contributed by atoms with Crippen molar-refractivity contribution in [3.8, 4) is 0 Å². The standard InChI is InChI=1S/C11H18ClN3O/c1-4-9(2)15(5-6-16-3)11-7-10(12)13-8-14-11/h7-9H,4-6H2,1-3H3. The lowest BCUT2D eigenvalue weighted by atomic mass is 10.2. The van der Waals surface area contributed by atoms with Crippen LogP contribution in [-0.2, 0) is 4.74 Å². The van der Waals surface area contributed by atoms with Gasteiger partial charge in [-0.2, -0.15) is 0 Å². The highest BCUT2D eigenvalue weighted by Crippen LogP contribution is 2.17. The Kier molecular flexibility index (Phi) is 5.49. The Balaban J connectivity index is 2.82. The van der Waals surface area contributed by atoms with Crippen LogP contribution in [0.25, 0.3) is 0 Å². The first kappa shape index (κ1) is 13.2. The normalized spacial score (nSPS) is 12.5. The Morgan fingerprint density at radius 1 is 1.50 bits per heavy atom. The van der Waals surface area contributed by atoms with Crippen molar-refractivity contribution in [2.24, 2.45) is 0 Å². The van der Waals surface area contributed by atoms with E-state index in [9.17, 15) is 0 Å².